The Hall–Kier alpha value is -1.07. The number of benzene rings is 1. The van der Waals surface area contributed by atoms with Crippen LogP contribution < -0.4 is 15.8 Å². The molecule has 1 fully saturated rings. The van der Waals surface area contributed by atoms with E-state index in [1.54, 1.807) is 6.92 Å². The highest BCUT2D eigenvalue weighted by Gasteiger charge is 2.42. The van der Waals surface area contributed by atoms with Crippen molar-refractivity contribution in [1.29, 1.82) is 0 Å². The second kappa shape index (κ2) is 6.36. The summed E-state index contributed by atoms with van der Waals surface area (Å²) in [5, 5.41) is 3.05. The highest BCUT2D eigenvalue weighted by molar-refractivity contribution is 9.10. The van der Waals surface area contributed by atoms with Crippen molar-refractivity contribution in [2.45, 2.75) is 45.3 Å². The molecule has 0 radical (unpaired) electrons. The Kier molecular flexibility index (Phi) is 4.94. The number of ether oxygens (including phenoxy) is 1. The maximum absolute atomic E-state index is 12.3. The van der Waals surface area contributed by atoms with Crippen LogP contribution in [0.1, 0.15) is 32.3 Å². The van der Waals surface area contributed by atoms with Crippen molar-refractivity contribution in [3.8, 4) is 5.75 Å². The first-order valence-corrected chi connectivity index (χ1v) is 8.10. The Balaban J connectivity index is 1.99. The number of amides is 1. The van der Waals surface area contributed by atoms with Crippen molar-refractivity contribution in [3.05, 3.63) is 28.2 Å². The fraction of sp³-hybridized carbons (Fsp3) is 0.562. The van der Waals surface area contributed by atoms with E-state index < -0.39 is 6.10 Å². The van der Waals surface area contributed by atoms with E-state index in [1.165, 1.54) is 0 Å². The molecule has 2 atom stereocenters. The number of hydrogen-bond acceptors (Lipinski definition) is 3. The molecular formula is C16H23BrN2O2. The predicted octanol–water partition coefficient (Wildman–Crippen LogP) is 2.77. The zero-order valence-electron chi connectivity index (χ0n) is 12.8. The van der Waals surface area contributed by atoms with Gasteiger partial charge in [0.15, 0.2) is 6.10 Å². The number of hydrogen-bond donors (Lipinski definition) is 2. The zero-order chi connectivity index (χ0) is 15.6. The van der Waals surface area contributed by atoms with Gasteiger partial charge in [-0.2, -0.15) is 0 Å². The van der Waals surface area contributed by atoms with Gasteiger partial charge < -0.3 is 15.8 Å². The largest absolute Gasteiger partial charge is 0.480 e. The van der Waals surface area contributed by atoms with Crippen LogP contribution in [-0.4, -0.2) is 24.1 Å². The van der Waals surface area contributed by atoms with Crippen molar-refractivity contribution < 1.29 is 9.53 Å². The molecule has 2 unspecified atom stereocenters. The summed E-state index contributed by atoms with van der Waals surface area (Å²) in [6, 6.07) is 5.79. The smallest absolute Gasteiger partial charge is 0.261 e. The first kappa shape index (κ1) is 16.3. The third-order valence-electron chi connectivity index (χ3n) is 4.07. The molecule has 2 rings (SSSR count). The van der Waals surface area contributed by atoms with Crippen LogP contribution in [-0.2, 0) is 4.79 Å². The predicted molar refractivity (Wildman–Crippen MR) is 87.3 cm³/mol. The highest BCUT2D eigenvalue weighted by atomic mass is 79.9. The molecule has 1 saturated carbocycles. The zero-order valence-corrected chi connectivity index (χ0v) is 14.4. The van der Waals surface area contributed by atoms with Gasteiger partial charge in [0, 0.05) is 6.54 Å². The van der Waals surface area contributed by atoms with E-state index in [4.69, 9.17) is 10.5 Å². The van der Waals surface area contributed by atoms with E-state index >= 15 is 0 Å². The van der Waals surface area contributed by atoms with Crippen LogP contribution in [0.3, 0.4) is 0 Å². The van der Waals surface area contributed by atoms with Gasteiger partial charge in [0.05, 0.1) is 10.0 Å². The van der Waals surface area contributed by atoms with Crippen LogP contribution in [0.25, 0.3) is 0 Å². The summed E-state index contributed by atoms with van der Waals surface area (Å²) in [5.74, 6) is 1.04. The Bertz CT molecular complexity index is 531. The van der Waals surface area contributed by atoms with Crippen molar-refractivity contribution in [1.82, 2.24) is 5.32 Å². The van der Waals surface area contributed by atoms with Gasteiger partial charge in [-0.3, -0.25) is 4.79 Å². The quantitative estimate of drug-likeness (QED) is 0.825. The van der Waals surface area contributed by atoms with Gasteiger partial charge in [-0.15, -0.1) is 0 Å². The minimum atomic E-state index is -0.561. The molecule has 1 amide bonds. The summed E-state index contributed by atoms with van der Waals surface area (Å²) in [6.45, 7) is 6.22. The molecule has 116 valence electrons. The van der Waals surface area contributed by atoms with Gasteiger partial charge in [-0.1, -0.05) is 6.07 Å². The van der Waals surface area contributed by atoms with Gasteiger partial charge in [0.2, 0.25) is 0 Å². The van der Waals surface area contributed by atoms with Crippen molar-refractivity contribution >= 4 is 21.8 Å². The standard InChI is InChI=1S/C16H23BrN2O2/c1-10-4-7-14(13(17)8-10)21-11(2)15(20)19-16(3,9-18)12-5-6-12/h4,7-8,11-12H,5-6,9,18H2,1-3H3,(H,19,20). The van der Waals surface area contributed by atoms with Gasteiger partial charge in [-0.25, -0.2) is 0 Å². The van der Waals surface area contributed by atoms with Crippen LogP contribution >= 0.6 is 15.9 Å². The van der Waals surface area contributed by atoms with Crippen LogP contribution in [0.2, 0.25) is 0 Å². The molecule has 3 N–H and O–H groups in total. The number of aryl methyl sites for hydroxylation is 1. The second-order valence-electron chi connectivity index (χ2n) is 6.08. The molecular weight excluding hydrogens is 332 g/mol. The summed E-state index contributed by atoms with van der Waals surface area (Å²) in [4.78, 5) is 12.3. The van der Waals surface area contributed by atoms with Crippen molar-refractivity contribution in [3.63, 3.8) is 0 Å². The SMILES string of the molecule is Cc1ccc(OC(C)C(=O)NC(C)(CN)C2CC2)c(Br)c1. The van der Waals surface area contributed by atoms with Crippen molar-refractivity contribution in [2.75, 3.05) is 6.54 Å². The molecule has 21 heavy (non-hydrogen) atoms. The monoisotopic (exact) mass is 354 g/mol. The fourth-order valence-corrected chi connectivity index (χ4v) is 2.96. The average Bonchev–Trinajstić information content (AvgIpc) is 3.26. The van der Waals surface area contributed by atoms with E-state index in [0.29, 0.717) is 18.2 Å². The number of halogens is 1. The molecule has 1 aromatic carbocycles. The normalized spacial score (nSPS) is 18.7. The Morgan fingerprint density at radius 2 is 2.24 bits per heavy atom. The van der Waals surface area contributed by atoms with Crippen molar-refractivity contribution in [2.24, 2.45) is 11.7 Å². The molecule has 0 saturated heterocycles. The third kappa shape index (κ3) is 3.98. The molecule has 1 aromatic rings. The Labute approximate surface area is 134 Å². The maximum atomic E-state index is 12.3. The maximum Gasteiger partial charge on any atom is 0.261 e. The number of nitrogens with one attached hydrogen (secondary N) is 1. The van der Waals surface area contributed by atoms with E-state index in [-0.39, 0.29) is 11.4 Å². The number of nitrogens with two attached hydrogens (primary N) is 1. The lowest BCUT2D eigenvalue weighted by atomic mass is 9.95. The molecule has 5 heteroatoms. The summed E-state index contributed by atoms with van der Waals surface area (Å²) in [5.41, 5.74) is 6.64. The minimum Gasteiger partial charge on any atom is -0.480 e. The first-order valence-electron chi connectivity index (χ1n) is 7.30. The summed E-state index contributed by atoms with van der Waals surface area (Å²) >= 11 is 3.46. The van der Waals surface area contributed by atoms with E-state index in [1.807, 2.05) is 32.0 Å². The number of carbonyl (C=O) groups is 1. The van der Waals surface area contributed by atoms with Gasteiger partial charge >= 0.3 is 0 Å². The lowest BCUT2D eigenvalue weighted by molar-refractivity contribution is -0.129. The molecule has 1 aliphatic rings. The third-order valence-corrected chi connectivity index (χ3v) is 4.69. The van der Waals surface area contributed by atoms with Crippen LogP contribution in [0.15, 0.2) is 22.7 Å². The van der Waals surface area contributed by atoms with E-state index in [9.17, 15) is 4.79 Å². The molecule has 0 heterocycles. The molecule has 1 aliphatic carbocycles. The Morgan fingerprint density at radius 1 is 1.57 bits per heavy atom. The van der Waals surface area contributed by atoms with E-state index in [0.717, 1.165) is 22.9 Å². The van der Waals surface area contributed by atoms with Gasteiger partial charge in [0.25, 0.3) is 5.91 Å². The summed E-state index contributed by atoms with van der Waals surface area (Å²) in [6.07, 6.45) is 1.70. The number of rotatable bonds is 6. The van der Waals surface area contributed by atoms with Gasteiger partial charge in [-0.05, 0) is 73.2 Å². The van der Waals surface area contributed by atoms with E-state index in [2.05, 4.69) is 21.2 Å². The Morgan fingerprint density at radius 3 is 2.76 bits per heavy atom. The second-order valence-corrected chi connectivity index (χ2v) is 6.93. The fourth-order valence-electron chi connectivity index (χ4n) is 2.37. The molecule has 4 nitrogen and oxygen atoms in total. The van der Waals surface area contributed by atoms with Crippen LogP contribution in [0.4, 0.5) is 0 Å². The van der Waals surface area contributed by atoms with Gasteiger partial charge in [0.1, 0.15) is 5.75 Å². The topological polar surface area (TPSA) is 64.3 Å². The summed E-state index contributed by atoms with van der Waals surface area (Å²) in [7, 11) is 0. The lowest BCUT2D eigenvalue weighted by Crippen LogP contribution is -2.56. The molecule has 0 spiro atoms. The summed E-state index contributed by atoms with van der Waals surface area (Å²) < 4.78 is 6.61. The number of carbonyl (C=O) groups excluding carboxylic acids is 1. The highest BCUT2D eigenvalue weighted by Crippen LogP contribution is 2.39. The molecule has 0 bridgehead atoms. The minimum absolute atomic E-state index is 0.123. The first-order chi connectivity index (χ1) is 9.85. The average molecular weight is 355 g/mol. The van der Waals surface area contributed by atoms with Crippen LogP contribution in [0, 0.1) is 12.8 Å². The van der Waals surface area contributed by atoms with Crippen LogP contribution in [0.5, 0.6) is 5.75 Å². The molecule has 0 aliphatic heterocycles. The lowest BCUT2D eigenvalue weighted by Gasteiger charge is -2.31. The molecule has 0 aromatic heterocycles.